The normalized spacial score (nSPS) is 13.9. The summed E-state index contributed by atoms with van der Waals surface area (Å²) < 4.78 is 10.5. The summed E-state index contributed by atoms with van der Waals surface area (Å²) in [5, 5.41) is 12.4. The maximum atomic E-state index is 11.9. The molecule has 0 aliphatic rings. The Labute approximate surface area is 119 Å². The summed E-state index contributed by atoms with van der Waals surface area (Å²) in [7, 11) is 1.35. The van der Waals surface area contributed by atoms with Gasteiger partial charge in [0.1, 0.15) is 17.9 Å². The summed E-state index contributed by atoms with van der Waals surface area (Å²) >= 11 is 0. The van der Waals surface area contributed by atoms with Crippen molar-refractivity contribution in [2.24, 2.45) is 0 Å². The van der Waals surface area contributed by atoms with Gasteiger partial charge in [0.2, 0.25) is 0 Å². The molecule has 1 aromatic rings. The smallest absolute Gasteiger partial charge is 0.329 e. The predicted octanol–water partition coefficient (Wildman–Crippen LogP) is 1.49. The molecule has 0 bridgehead atoms. The van der Waals surface area contributed by atoms with Crippen molar-refractivity contribution in [3.05, 3.63) is 29.8 Å². The summed E-state index contributed by atoms with van der Waals surface area (Å²) in [5.74, 6) is 0.184. The van der Waals surface area contributed by atoms with Crippen molar-refractivity contribution in [2.75, 3.05) is 13.7 Å². The third-order valence-electron chi connectivity index (χ3n) is 2.90. The number of aliphatic hydroxyl groups is 1. The van der Waals surface area contributed by atoms with E-state index in [-0.39, 0.29) is 25.2 Å². The van der Waals surface area contributed by atoms with Gasteiger partial charge in [0.15, 0.2) is 0 Å². The molecule has 1 rings (SSSR count). The first kappa shape index (κ1) is 16.5. The number of methoxy groups -OCH3 is 1. The molecule has 0 amide bonds. The molecule has 0 aromatic heterocycles. The van der Waals surface area contributed by atoms with Crippen molar-refractivity contribution in [3.8, 4) is 5.75 Å². The van der Waals surface area contributed by atoms with Gasteiger partial charge in [0, 0.05) is 11.6 Å². The molecule has 1 unspecified atom stereocenters. The van der Waals surface area contributed by atoms with Gasteiger partial charge < -0.3 is 14.6 Å². The monoisotopic (exact) mass is 281 g/mol. The number of esters is 1. The van der Waals surface area contributed by atoms with E-state index in [4.69, 9.17) is 9.47 Å². The molecule has 1 aromatic carbocycles. The highest BCUT2D eigenvalue weighted by Gasteiger charge is 2.36. The van der Waals surface area contributed by atoms with E-state index < -0.39 is 5.54 Å². The summed E-state index contributed by atoms with van der Waals surface area (Å²) in [6, 6.07) is 7.29. The Balaban J connectivity index is 2.83. The third-order valence-corrected chi connectivity index (χ3v) is 2.90. The van der Waals surface area contributed by atoms with Gasteiger partial charge in [-0.25, -0.2) is 4.79 Å². The minimum Gasteiger partial charge on any atom is -0.491 e. The largest absolute Gasteiger partial charge is 0.491 e. The molecule has 0 spiro atoms. The molecule has 0 aliphatic heterocycles. The summed E-state index contributed by atoms with van der Waals surface area (Å²) in [6.07, 6.45) is 0. The molecule has 0 fully saturated rings. The first-order valence-corrected chi connectivity index (χ1v) is 6.60. The van der Waals surface area contributed by atoms with Crippen LogP contribution in [0.4, 0.5) is 0 Å². The van der Waals surface area contributed by atoms with E-state index in [1.807, 2.05) is 26.0 Å². The number of benzene rings is 1. The Morgan fingerprint density at radius 2 is 2.05 bits per heavy atom. The zero-order chi connectivity index (χ0) is 15.2. The highest BCUT2D eigenvalue weighted by molar-refractivity contribution is 5.80. The third kappa shape index (κ3) is 4.21. The number of hydrogen-bond donors (Lipinski definition) is 2. The highest BCUT2D eigenvalue weighted by Crippen LogP contribution is 2.20. The molecule has 5 nitrogen and oxygen atoms in total. The molecule has 0 heterocycles. The Morgan fingerprint density at radius 1 is 1.40 bits per heavy atom. The Bertz CT molecular complexity index is 447. The lowest BCUT2D eigenvalue weighted by Gasteiger charge is -2.30. The van der Waals surface area contributed by atoms with Crippen molar-refractivity contribution in [2.45, 2.75) is 39.0 Å². The molecule has 112 valence electrons. The topological polar surface area (TPSA) is 67.8 Å². The molecule has 0 aliphatic carbocycles. The Morgan fingerprint density at radius 3 is 2.60 bits per heavy atom. The number of nitrogens with one attached hydrogen (secondary N) is 1. The second kappa shape index (κ2) is 7.26. The fraction of sp³-hybridized carbons (Fsp3) is 0.533. The number of ether oxygens (including phenoxy) is 2. The minimum atomic E-state index is -0.939. The van der Waals surface area contributed by atoms with Crippen molar-refractivity contribution in [3.63, 3.8) is 0 Å². The van der Waals surface area contributed by atoms with Gasteiger partial charge >= 0.3 is 5.97 Å². The fourth-order valence-electron chi connectivity index (χ4n) is 2.02. The Hall–Kier alpha value is -1.59. The maximum Gasteiger partial charge on any atom is 0.329 e. The van der Waals surface area contributed by atoms with Gasteiger partial charge in [-0.3, -0.25) is 5.32 Å². The van der Waals surface area contributed by atoms with Crippen LogP contribution in [0.3, 0.4) is 0 Å². The fourth-order valence-corrected chi connectivity index (χ4v) is 2.02. The molecule has 1 atom stereocenters. The standard InChI is InChI=1S/C15H23NO4/c1-11(2)16-15(3,14(18)19-4)10-20-13-8-6-5-7-12(13)9-17/h5-8,11,16-17H,9-10H2,1-4H3. The van der Waals surface area contributed by atoms with Crippen LogP contribution in [0.25, 0.3) is 0 Å². The average Bonchev–Trinajstić information content (AvgIpc) is 2.43. The van der Waals surface area contributed by atoms with Crippen molar-refractivity contribution >= 4 is 5.97 Å². The molecule has 0 saturated heterocycles. The number of aliphatic hydroxyl groups excluding tert-OH is 1. The number of para-hydroxylation sites is 1. The van der Waals surface area contributed by atoms with E-state index in [1.165, 1.54) is 7.11 Å². The first-order chi connectivity index (χ1) is 9.42. The minimum absolute atomic E-state index is 0.107. The molecular weight excluding hydrogens is 258 g/mol. The quantitative estimate of drug-likeness (QED) is 0.741. The van der Waals surface area contributed by atoms with Crippen LogP contribution in [0.1, 0.15) is 26.3 Å². The Kier molecular flexibility index (Phi) is 5.98. The lowest BCUT2D eigenvalue weighted by atomic mass is 10.0. The van der Waals surface area contributed by atoms with E-state index in [1.54, 1.807) is 19.1 Å². The highest BCUT2D eigenvalue weighted by atomic mass is 16.5. The second-order valence-electron chi connectivity index (χ2n) is 5.18. The van der Waals surface area contributed by atoms with Gasteiger partial charge in [-0.15, -0.1) is 0 Å². The van der Waals surface area contributed by atoms with Gasteiger partial charge in [-0.05, 0) is 26.8 Å². The van der Waals surface area contributed by atoms with E-state index in [0.29, 0.717) is 11.3 Å². The van der Waals surface area contributed by atoms with Crippen molar-refractivity contribution < 1.29 is 19.4 Å². The first-order valence-electron chi connectivity index (χ1n) is 6.60. The zero-order valence-electron chi connectivity index (χ0n) is 12.5. The van der Waals surface area contributed by atoms with Crippen LogP contribution in [0.5, 0.6) is 5.75 Å². The predicted molar refractivity (Wildman–Crippen MR) is 76.6 cm³/mol. The van der Waals surface area contributed by atoms with Gasteiger partial charge in [-0.2, -0.15) is 0 Å². The lowest BCUT2D eigenvalue weighted by molar-refractivity contribution is -0.149. The molecular formula is C15H23NO4. The van der Waals surface area contributed by atoms with Gasteiger partial charge in [0.05, 0.1) is 13.7 Å². The summed E-state index contributed by atoms with van der Waals surface area (Å²) in [5.41, 5.74) is -0.255. The van der Waals surface area contributed by atoms with E-state index in [2.05, 4.69) is 5.32 Å². The maximum absolute atomic E-state index is 11.9. The molecule has 20 heavy (non-hydrogen) atoms. The van der Waals surface area contributed by atoms with Crippen molar-refractivity contribution in [1.29, 1.82) is 0 Å². The van der Waals surface area contributed by atoms with Crippen LogP contribution in [-0.2, 0) is 16.1 Å². The SMILES string of the molecule is COC(=O)C(C)(COc1ccccc1CO)NC(C)C. The molecule has 2 N–H and O–H groups in total. The second-order valence-corrected chi connectivity index (χ2v) is 5.18. The van der Waals surface area contributed by atoms with Gasteiger partial charge in [-0.1, -0.05) is 18.2 Å². The van der Waals surface area contributed by atoms with Crippen LogP contribution in [0, 0.1) is 0 Å². The summed E-state index contributed by atoms with van der Waals surface area (Å²) in [6.45, 7) is 5.64. The molecule has 0 saturated carbocycles. The van der Waals surface area contributed by atoms with E-state index in [0.717, 1.165) is 0 Å². The van der Waals surface area contributed by atoms with Crippen LogP contribution in [-0.4, -0.2) is 36.4 Å². The molecule has 5 heteroatoms. The van der Waals surface area contributed by atoms with Crippen LogP contribution >= 0.6 is 0 Å². The van der Waals surface area contributed by atoms with Crippen LogP contribution < -0.4 is 10.1 Å². The number of carbonyl (C=O) groups is 1. The summed E-state index contributed by atoms with van der Waals surface area (Å²) in [4.78, 5) is 11.9. The van der Waals surface area contributed by atoms with Gasteiger partial charge in [0.25, 0.3) is 0 Å². The molecule has 0 radical (unpaired) electrons. The van der Waals surface area contributed by atoms with Crippen LogP contribution in [0.2, 0.25) is 0 Å². The van der Waals surface area contributed by atoms with E-state index in [9.17, 15) is 9.90 Å². The average molecular weight is 281 g/mol. The number of hydrogen-bond acceptors (Lipinski definition) is 5. The van der Waals surface area contributed by atoms with Crippen LogP contribution in [0.15, 0.2) is 24.3 Å². The number of rotatable bonds is 7. The lowest BCUT2D eigenvalue weighted by Crippen LogP contribution is -2.56. The van der Waals surface area contributed by atoms with Crippen molar-refractivity contribution in [1.82, 2.24) is 5.32 Å². The zero-order valence-corrected chi connectivity index (χ0v) is 12.5. The number of carbonyl (C=O) groups excluding carboxylic acids is 1. The van der Waals surface area contributed by atoms with E-state index >= 15 is 0 Å².